The minimum Gasteiger partial charge on any atom is -0.493 e. The number of anilines is 1. The van der Waals surface area contributed by atoms with Gasteiger partial charge in [0.05, 0.1) is 6.61 Å². The average Bonchev–Trinajstić information content (AvgIpc) is 2.30. The lowest BCUT2D eigenvalue weighted by Crippen LogP contribution is -2.30. The zero-order valence-corrected chi connectivity index (χ0v) is 8.91. The molecule has 1 aliphatic rings. The smallest absolute Gasteiger partial charge is 0.119 e. The van der Waals surface area contributed by atoms with E-state index < -0.39 is 0 Å². The maximum Gasteiger partial charge on any atom is 0.119 e. The summed E-state index contributed by atoms with van der Waals surface area (Å²) >= 11 is 0. The molecular formula is C12H18N2O. The molecule has 1 aromatic rings. The van der Waals surface area contributed by atoms with Crippen molar-refractivity contribution in [3.8, 4) is 5.75 Å². The fourth-order valence-electron chi connectivity index (χ4n) is 1.83. The van der Waals surface area contributed by atoms with Crippen LogP contribution in [0.3, 0.4) is 0 Å². The first-order chi connectivity index (χ1) is 7.34. The fourth-order valence-corrected chi connectivity index (χ4v) is 1.83. The van der Waals surface area contributed by atoms with Gasteiger partial charge in [-0.15, -0.1) is 0 Å². The van der Waals surface area contributed by atoms with E-state index in [1.165, 1.54) is 12.8 Å². The molecule has 1 aliphatic heterocycles. The van der Waals surface area contributed by atoms with E-state index in [1.54, 1.807) is 0 Å². The van der Waals surface area contributed by atoms with Crippen LogP contribution in [0.4, 0.5) is 5.69 Å². The zero-order chi connectivity index (χ0) is 10.5. The van der Waals surface area contributed by atoms with Crippen molar-refractivity contribution in [3.05, 3.63) is 24.3 Å². The first-order valence-corrected chi connectivity index (χ1v) is 5.53. The van der Waals surface area contributed by atoms with Crippen molar-refractivity contribution in [2.24, 2.45) is 5.92 Å². The van der Waals surface area contributed by atoms with Crippen molar-refractivity contribution >= 4 is 5.69 Å². The highest BCUT2D eigenvalue weighted by Gasteiger charge is 2.13. The molecule has 0 unspecified atom stereocenters. The van der Waals surface area contributed by atoms with Crippen molar-refractivity contribution in [2.45, 2.75) is 12.8 Å². The number of nitrogens with one attached hydrogen (secondary N) is 1. The third-order valence-corrected chi connectivity index (χ3v) is 2.82. The number of hydrogen-bond donors (Lipinski definition) is 2. The largest absolute Gasteiger partial charge is 0.493 e. The van der Waals surface area contributed by atoms with E-state index in [-0.39, 0.29) is 0 Å². The van der Waals surface area contributed by atoms with Gasteiger partial charge in [0.2, 0.25) is 0 Å². The van der Waals surface area contributed by atoms with Crippen molar-refractivity contribution in [2.75, 3.05) is 25.4 Å². The van der Waals surface area contributed by atoms with Crippen molar-refractivity contribution < 1.29 is 4.74 Å². The van der Waals surface area contributed by atoms with Gasteiger partial charge in [-0.3, -0.25) is 0 Å². The Morgan fingerprint density at radius 1 is 1.20 bits per heavy atom. The second-order valence-electron chi connectivity index (χ2n) is 4.07. The molecule has 0 spiro atoms. The molecule has 15 heavy (non-hydrogen) atoms. The van der Waals surface area contributed by atoms with Crippen LogP contribution in [0.1, 0.15) is 12.8 Å². The summed E-state index contributed by atoms with van der Waals surface area (Å²) in [5.74, 6) is 1.62. The highest BCUT2D eigenvalue weighted by molar-refractivity contribution is 5.41. The van der Waals surface area contributed by atoms with E-state index in [9.17, 15) is 0 Å². The number of benzene rings is 1. The molecule has 0 bridgehead atoms. The van der Waals surface area contributed by atoms with E-state index in [0.29, 0.717) is 5.92 Å². The number of ether oxygens (including phenoxy) is 1. The Morgan fingerprint density at radius 2 is 1.87 bits per heavy atom. The van der Waals surface area contributed by atoms with E-state index in [1.807, 2.05) is 24.3 Å². The highest BCUT2D eigenvalue weighted by atomic mass is 16.5. The lowest BCUT2D eigenvalue weighted by Gasteiger charge is -2.22. The van der Waals surface area contributed by atoms with Crippen LogP contribution in [-0.4, -0.2) is 19.7 Å². The van der Waals surface area contributed by atoms with Crippen molar-refractivity contribution in [1.29, 1.82) is 0 Å². The SMILES string of the molecule is Nc1ccc(OCC2CCNCC2)cc1. The van der Waals surface area contributed by atoms with Gasteiger partial charge in [0.1, 0.15) is 5.75 Å². The zero-order valence-electron chi connectivity index (χ0n) is 8.91. The van der Waals surface area contributed by atoms with Crippen LogP contribution in [0.5, 0.6) is 5.75 Å². The summed E-state index contributed by atoms with van der Waals surface area (Å²) in [7, 11) is 0. The van der Waals surface area contributed by atoms with Crippen molar-refractivity contribution in [1.82, 2.24) is 5.32 Å². The van der Waals surface area contributed by atoms with Crippen LogP contribution < -0.4 is 15.8 Å². The van der Waals surface area contributed by atoms with Gasteiger partial charge in [-0.2, -0.15) is 0 Å². The van der Waals surface area contributed by atoms with Crippen LogP contribution in [-0.2, 0) is 0 Å². The Labute approximate surface area is 90.6 Å². The monoisotopic (exact) mass is 206 g/mol. The molecule has 0 radical (unpaired) electrons. The third kappa shape index (κ3) is 3.13. The lowest BCUT2D eigenvalue weighted by molar-refractivity contribution is 0.215. The Bertz CT molecular complexity index is 291. The summed E-state index contributed by atoms with van der Waals surface area (Å²) in [6, 6.07) is 7.60. The Kier molecular flexibility index (Phi) is 3.45. The second kappa shape index (κ2) is 5.03. The van der Waals surface area contributed by atoms with E-state index >= 15 is 0 Å². The predicted octanol–water partition coefficient (Wildman–Crippen LogP) is 1.65. The van der Waals surface area contributed by atoms with Gasteiger partial charge in [-0.25, -0.2) is 0 Å². The van der Waals surface area contributed by atoms with Gasteiger partial charge in [-0.1, -0.05) is 0 Å². The molecule has 0 atom stereocenters. The molecule has 0 aromatic heterocycles. The highest BCUT2D eigenvalue weighted by Crippen LogP contribution is 2.17. The molecule has 0 amide bonds. The van der Waals surface area contributed by atoms with Crippen molar-refractivity contribution in [3.63, 3.8) is 0 Å². The first-order valence-electron chi connectivity index (χ1n) is 5.53. The van der Waals surface area contributed by atoms with E-state index in [4.69, 9.17) is 10.5 Å². The summed E-state index contributed by atoms with van der Waals surface area (Å²) in [4.78, 5) is 0. The van der Waals surface area contributed by atoms with Gasteiger partial charge >= 0.3 is 0 Å². The molecule has 0 saturated carbocycles. The number of rotatable bonds is 3. The fraction of sp³-hybridized carbons (Fsp3) is 0.500. The molecular weight excluding hydrogens is 188 g/mol. The summed E-state index contributed by atoms with van der Waals surface area (Å²) < 4.78 is 5.72. The molecule has 3 nitrogen and oxygen atoms in total. The number of piperidine rings is 1. The number of nitrogen functional groups attached to an aromatic ring is 1. The molecule has 82 valence electrons. The summed E-state index contributed by atoms with van der Waals surface area (Å²) in [6.07, 6.45) is 2.43. The van der Waals surface area contributed by atoms with Crippen LogP contribution in [0, 0.1) is 5.92 Å². The van der Waals surface area contributed by atoms with Gasteiger partial charge in [0.15, 0.2) is 0 Å². The first kappa shape index (κ1) is 10.3. The maximum absolute atomic E-state index is 5.72. The molecule has 1 aromatic carbocycles. The summed E-state index contributed by atoms with van der Waals surface area (Å²) in [5, 5.41) is 3.35. The Balaban J connectivity index is 1.79. The Morgan fingerprint density at radius 3 is 2.53 bits per heavy atom. The van der Waals surface area contributed by atoms with E-state index in [2.05, 4.69) is 5.32 Å². The van der Waals surface area contributed by atoms with Crippen LogP contribution in [0.25, 0.3) is 0 Å². The predicted molar refractivity (Wildman–Crippen MR) is 61.9 cm³/mol. The normalized spacial score (nSPS) is 17.6. The quantitative estimate of drug-likeness (QED) is 0.739. The van der Waals surface area contributed by atoms with Gasteiger partial charge in [-0.05, 0) is 56.1 Å². The van der Waals surface area contributed by atoms with Gasteiger partial charge in [0.25, 0.3) is 0 Å². The summed E-state index contributed by atoms with van der Waals surface area (Å²) in [6.45, 7) is 3.07. The average molecular weight is 206 g/mol. The molecule has 3 N–H and O–H groups in total. The summed E-state index contributed by atoms with van der Waals surface area (Å²) in [5.41, 5.74) is 6.38. The topological polar surface area (TPSA) is 47.3 Å². The Hall–Kier alpha value is -1.22. The second-order valence-corrected chi connectivity index (χ2v) is 4.07. The molecule has 1 saturated heterocycles. The number of nitrogens with two attached hydrogens (primary N) is 1. The molecule has 2 rings (SSSR count). The third-order valence-electron chi connectivity index (χ3n) is 2.82. The molecule has 3 heteroatoms. The standard InChI is InChI=1S/C12H18N2O/c13-11-1-3-12(4-2-11)15-9-10-5-7-14-8-6-10/h1-4,10,14H,5-9,13H2. The number of hydrogen-bond acceptors (Lipinski definition) is 3. The minimum atomic E-state index is 0.698. The van der Waals surface area contributed by atoms with E-state index in [0.717, 1.165) is 31.1 Å². The minimum absolute atomic E-state index is 0.698. The molecule has 1 heterocycles. The maximum atomic E-state index is 5.72. The lowest BCUT2D eigenvalue weighted by atomic mass is 9.99. The van der Waals surface area contributed by atoms with Crippen LogP contribution >= 0.6 is 0 Å². The molecule has 1 fully saturated rings. The van der Waals surface area contributed by atoms with Gasteiger partial charge in [0, 0.05) is 5.69 Å². The van der Waals surface area contributed by atoms with Crippen LogP contribution in [0.15, 0.2) is 24.3 Å². The van der Waals surface area contributed by atoms with Crippen LogP contribution in [0.2, 0.25) is 0 Å². The molecule has 0 aliphatic carbocycles. The van der Waals surface area contributed by atoms with Gasteiger partial charge < -0.3 is 15.8 Å².